The standard InChI is InChI=1S/C33H40FN5O4/c1-19(2)27-17-38(32(42)24-10-5-9-23-20(3)21(4)36-30(23)24)18-29(40)35-14-6-8-22-12-13-26(34)25(16-22)33(43)39-15-7-11-28(39)31(41)37-27/h5,9-10,12-13,16,19,27-28,36H,6-8,11,14-15,17-18H2,1-4H3,(H,35,40)(H,37,41)/t27-,28-/m0/s1. The first-order valence-corrected chi connectivity index (χ1v) is 15.1. The van der Waals surface area contributed by atoms with Gasteiger partial charge in [-0.25, -0.2) is 4.39 Å². The summed E-state index contributed by atoms with van der Waals surface area (Å²) in [4.78, 5) is 60.7. The topological polar surface area (TPSA) is 115 Å². The normalized spacial score (nSPS) is 20.7. The highest BCUT2D eigenvalue weighted by Gasteiger charge is 2.37. The number of amides is 4. The monoisotopic (exact) mass is 589 g/mol. The summed E-state index contributed by atoms with van der Waals surface area (Å²) in [7, 11) is 0. The Hall–Kier alpha value is -4.21. The first-order valence-electron chi connectivity index (χ1n) is 15.1. The molecule has 1 fully saturated rings. The molecule has 0 saturated carbocycles. The Kier molecular flexibility index (Phi) is 8.84. The van der Waals surface area contributed by atoms with Crippen LogP contribution in [0.4, 0.5) is 4.39 Å². The molecule has 228 valence electrons. The minimum absolute atomic E-state index is 0.0494. The molecular formula is C33H40FN5O4. The van der Waals surface area contributed by atoms with Crippen molar-refractivity contribution in [3.05, 3.63) is 70.2 Å². The third-order valence-electron chi connectivity index (χ3n) is 8.79. The van der Waals surface area contributed by atoms with Crippen molar-refractivity contribution < 1.29 is 23.6 Å². The second-order valence-electron chi connectivity index (χ2n) is 12.1. The van der Waals surface area contributed by atoms with Crippen LogP contribution < -0.4 is 10.6 Å². The quantitative estimate of drug-likeness (QED) is 0.421. The molecule has 5 rings (SSSR count). The Morgan fingerprint density at radius 2 is 1.86 bits per heavy atom. The van der Waals surface area contributed by atoms with E-state index < -0.39 is 23.8 Å². The average molecular weight is 590 g/mol. The summed E-state index contributed by atoms with van der Waals surface area (Å²) in [6, 6.07) is 8.76. The zero-order valence-corrected chi connectivity index (χ0v) is 25.3. The summed E-state index contributed by atoms with van der Waals surface area (Å²) >= 11 is 0. The number of rotatable bonds is 2. The first-order chi connectivity index (χ1) is 20.5. The molecule has 43 heavy (non-hydrogen) atoms. The molecule has 2 atom stereocenters. The summed E-state index contributed by atoms with van der Waals surface area (Å²) in [5.74, 6) is -2.19. The number of aryl methyl sites for hydroxylation is 3. The van der Waals surface area contributed by atoms with Crippen molar-refractivity contribution in [2.45, 2.75) is 65.5 Å². The molecule has 3 aromatic rings. The van der Waals surface area contributed by atoms with Gasteiger partial charge >= 0.3 is 0 Å². The lowest BCUT2D eigenvalue weighted by Crippen LogP contribution is -2.54. The molecular weight excluding hydrogens is 549 g/mol. The zero-order valence-electron chi connectivity index (χ0n) is 25.3. The van der Waals surface area contributed by atoms with Crippen LogP contribution in [0.5, 0.6) is 0 Å². The number of carbonyl (C=O) groups is 4. The maximum atomic E-state index is 14.8. The van der Waals surface area contributed by atoms with Gasteiger partial charge in [0.1, 0.15) is 11.9 Å². The minimum Gasteiger partial charge on any atom is -0.358 e. The number of hydrogen-bond donors (Lipinski definition) is 3. The van der Waals surface area contributed by atoms with Gasteiger partial charge in [0.2, 0.25) is 11.8 Å². The smallest absolute Gasteiger partial charge is 0.257 e. The largest absolute Gasteiger partial charge is 0.358 e. The van der Waals surface area contributed by atoms with Crippen molar-refractivity contribution in [2.75, 3.05) is 26.2 Å². The Morgan fingerprint density at radius 3 is 2.63 bits per heavy atom. The summed E-state index contributed by atoms with van der Waals surface area (Å²) < 4.78 is 14.8. The van der Waals surface area contributed by atoms with Crippen molar-refractivity contribution >= 4 is 34.5 Å². The second kappa shape index (κ2) is 12.6. The van der Waals surface area contributed by atoms with Crippen molar-refractivity contribution in [3.63, 3.8) is 0 Å². The molecule has 9 nitrogen and oxygen atoms in total. The first kappa shape index (κ1) is 30.3. The molecule has 0 spiro atoms. The van der Waals surface area contributed by atoms with E-state index in [1.807, 2.05) is 39.8 Å². The predicted molar refractivity (Wildman–Crippen MR) is 162 cm³/mol. The maximum absolute atomic E-state index is 14.8. The van der Waals surface area contributed by atoms with Crippen molar-refractivity contribution in [2.24, 2.45) is 5.92 Å². The lowest BCUT2D eigenvalue weighted by Gasteiger charge is -2.32. The molecule has 3 N–H and O–H groups in total. The van der Waals surface area contributed by atoms with Crippen molar-refractivity contribution in [1.82, 2.24) is 25.4 Å². The van der Waals surface area contributed by atoms with Crippen molar-refractivity contribution in [3.8, 4) is 0 Å². The van der Waals surface area contributed by atoms with Gasteiger partial charge in [-0.05, 0) is 74.8 Å². The number of fused-ring (bicyclic) bond motifs is 4. The molecule has 10 heteroatoms. The van der Waals surface area contributed by atoms with Gasteiger partial charge in [-0.3, -0.25) is 19.2 Å². The van der Waals surface area contributed by atoms with Gasteiger partial charge in [0.15, 0.2) is 0 Å². The molecule has 2 aliphatic heterocycles. The van der Waals surface area contributed by atoms with Gasteiger partial charge in [-0.15, -0.1) is 0 Å². The fourth-order valence-electron chi connectivity index (χ4n) is 6.07. The highest BCUT2D eigenvalue weighted by atomic mass is 19.1. The van der Waals surface area contributed by atoms with Gasteiger partial charge < -0.3 is 25.4 Å². The Labute approximate surface area is 251 Å². The number of carbonyl (C=O) groups excluding carboxylic acids is 4. The molecule has 2 bridgehead atoms. The highest BCUT2D eigenvalue weighted by molar-refractivity contribution is 6.07. The third kappa shape index (κ3) is 6.28. The lowest BCUT2D eigenvalue weighted by atomic mass is 10.0. The number of nitrogens with one attached hydrogen (secondary N) is 3. The summed E-state index contributed by atoms with van der Waals surface area (Å²) in [5, 5.41) is 6.91. The van der Waals surface area contributed by atoms with Crippen LogP contribution in [0.2, 0.25) is 0 Å². The van der Waals surface area contributed by atoms with Gasteiger partial charge in [0.05, 0.1) is 23.2 Å². The van der Waals surface area contributed by atoms with Crippen LogP contribution in [0.25, 0.3) is 10.9 Å². The number of aromatic amines is 1. The van der Waals surface area contributed by atoms with Gasteiger partial charge in [-0.1, -0.05) is 32.0 Å². The van der Waals surface area contributed by atoms with Crippen molar-refractivity contribution in [1.29, 1.82) is 0 Å². The van der Waals surface area contributed by atoms with Crippen LogP contribution in [-0.2, 0) is 16.0 Å². The van der Waals surface area contributed by atoms with Crippen LogP contribution in [0.1, 0.15) is 70.6 Å². The molecule has 1 saturated heterocycles. The number of halogens is 1. The van der Waals surface area contributed by atoms with Crippen LogP contribution in [0, 0.1) is 25.6 Å². The van der Waals surface area contributed by atoms with E-state index in [0.29, 0.717) is 49.9 Å². The van der Waals surface area contributed by atoms with Crippen LogP contribution in [-0.4, -0.2) is 76.7 Å². The number of nitrogens with zero attached hydrogens (tertiary/aromatic N) is 2. The molecule has 0 aliphatic carbocycles. The molecule has 0 radical (unpaired) electrons. The highest BCUT2D eigenvalue weighted by Crippen LogP contribution is 2.26. The predicted octanol–water partition coefficient (Wildman–Crippen LogP) is 3.87. The lowest BCUT2D eigenvalue weighted by molar-refractivity contribution is -0.126. The fraction of sp³-hybridized carbons (Fsp3) is 0.455. The SMILES string of the molecule is Cc1[nH]c2c(C(=O)N3CC(=O)NCCCc4ccc(F)c(c4)C(=O)N4CCC[C@H]4C(=O)N[C@H](C(C)C)C3)cccc2c1C. The summed E-state index contributed by atoms with van der Waals surface area (Å²) in [6.45, 7) is 8.45. The Balaban J connectivity index is 1.48. The number of aromatic nitrogens is 1. The minimum atomic E-state index is -0.751. The number of H-pyrrole nitrogens is 1. The number of benzene rings is 2. The van der Waals surface area contributed by atoms with E-state index in [0.717, 1.165) is 22.2 Å². The van der Waals surface area contributed by atoms with E-state index >= 15 is 0 Å². The zero-order chi connectivity index (χ0) is 30.8. The third-order valence-corrected chi connectivity index (χ3v) is 8.79. The molecule has 3 heterocycles. The van der Waals surface area contributed by atoms with E-state index in [1.54, 1.807) is 18.2 Å². The average Bonchev–Trinajstić information content (AvgIpc) is 3.58. The summed E-state index contributed by atoms with van der Waals surface area (Å²) in [6.07, 6.45) is 2.18. The maximum Gasteiger partial charge on any atom is 0.257 e. The molecule has 2 aromatic carbocycles. The Morgan fingerprint density at radius 1 is 1.07 bits per heavy atom. The van der Waals surface area contributed by atoms with Gasteiger partial charge in [-0.2, -0.15) is 0 Å². The summed E-state index contributed by atoms with van der Waals surface area (Å²) in [5.41, 5.74) is 3.90. The fourth-order valence-corrected chi connectivity index (χ4v) is 6.07. The Bertz CT molecular complexity index is 1560. The van der Waals surface area contributed by atoms with Gasteiger partial charge in [0.25, 0.3) is 11.8 Å². The second-order valence-corrected chi connectivity index (χ2v) is 12.1. The molecule has 4 amide bonds. The van der Waals surface area contributed by atoms with E-state index in [2.05, 4.69) is 15.6 Å². The van der Waals surface area contributed by atoms with Gasteiger partial charge in [0, 0.05) is 36.8 Å². The van der Waals surface area contributed by atoms with E-state index in [4.69, 9.17) is 0 Å². The molecule has 2 aliphatic rings. The molecule has 1 aromatic heterocycles. The number of hydrogen-bond acceptors (Lipinski definition) is 4. The van der Waals surface area contributed by atoms with Crippen LogP contribution in [0.15, 0.2) is 36.4 Å². The van der Waals surface area contributed by atoms with Crippen LogP contribution >= 0.6 is 0 Å². The van der Waals surface area contributed by atoms with E-state index in [-0.39, 0.29) is 42.3 Å². The molecule has 0 unspecified atom stereocenters. The van der Waals surface area contributed by atoms with Crippen LogP contribution in [0.3, 0.4) is 0 Å². The number of para-hydroxylation sites is 1. The van der Waals surface area contributed by atoms with E-state index in [9.17, 15) is 23.6 Å². The van der Waals surface area contributed by atoms with E-state index in [1.165, 1.54) is 15.9 Å².